The van der Waals surface area contributed by atoms with Crippen LogP contribution < -0.4 is 5.56 Å². The number of nitrogens with zero attached hydrogens (tertiary/aromatic N) is 2. The lowest BCUT2D eigenvalue weighted by molar-refractivity contribution is 0.0472. The number of carbonyl (C=O) groups excluding carboxylic acids is 1. The van der Waals surface area contributed by atoms with E-state index in [1.165, 1.54) is 6.20 Å². The van der Waals surface area contributed by atoms with Gasteiger partial charge in [-0.25, -0.2) is 4.98 Å². The molecule has 0 bridgehead atoms. The van der Waals surface area contributed by atoms with Crippen LogP contribution in [0.25, 0.3) is 11.0 Å². The number of benzene rings is 1. The predicted octanol–water partition coefficient (Wildman–Crippen LogP) is 1.85. The van der Waals surface area contributed by atoms with Gasteiger partial charge in [-0.3, -0.25) is 19.8 Å². The second-order valence-electron chi connectivity index (χ2n) is 6.07. The standard InChI is InChI=1S/C18H18N4O3/c23-17-14-9-13(10-19-16(14)20-21-17)18(24)22-7-4-8-25-15(11-22)12-5-2-1-3-6-12/h1-3,5-6,9-10,15H,4,7-8,11H2,(H2,19,20,21,23). The molecule has 0 aliphatic carbocycles. The highest BCUT2D eigenvalue weighted by Gasteiger charge is 2.25. The molecule has 128 valence electrons. The molecule has 3 aromatic rings. The van der Waals surface area contributed by atoms with Gasteiger partial charge in [0.1, 0.15) is 6.10 Å². The van der Waals surface area contributed by atoms with Gasteiger partial charge in [-0.1, -0.05) is 30.3 Å². The molecule has 1 saturated heterocycles. The van der Waals surface area contributed by atoms with Crippen LogP contribution in [0.4, 0.5) is 0 Å². The molecule has 2 aromatic heterocycles. The summed E-state index contributed by atoms with van der Waals surface area (Å²) in [5.41, 5.74) is 1.63. The zero-order valence-corrected chi connectivity index (χ0v) is 13.6. The minimum atomic E-state index is -0.279. The Bertz CT molecular complexity index is 948. The van der Waals surface area contributed by atoms with Gasteiger partial charge < -0.3 is 9.64 Å². The summed E-state index contributed by atoms with van der Waals surface area (Å²) in [6, 6.07) is 11.5. The minimum absolute atomic E-state index is 0.138. The summed E-state index contributed by atoms with van der Waals surface area (Å²) in [5, 5.41) is 5.54. The van der Waals surface area contributed by atoms with Crippen molar-refractivity contribution in [3.63, 3.8) is 0 Å². The lowest BCUT2D eigenvalue weighted by Crippen LogP contribution is -2.34. The quantitative estimate of drug-likeness (QED) is 0.746. The maximum absolute atomic E-state index is 12.9. The number of hydrogen-bond acceptors (Lipinski definition) is 4. The van der Waals surface area contributed by atoms with Crippen molar-refractivity contribution in [3.05, 3.63) is 64.1 Å². The third-order valence-corrected chi connectivity index (χ3v) is 4.41. The van der Waals surface area contributed by atoms with Crippen LogP contribution in [-0.2, 0) is 4.74 Å². The third kappa shape index (κ3) is 3.06. The molecule has 1 amide bonds. The molecular weight excluding hydrogens is 320 g/mol. The van der Waals surface area contributed by atoms with Crippen LogP contribution >= 0.6 is 0 Å². The maximum atomic E-state index is 12.9. The molecule has 2 N–H and O–H groups in total. The molecule has 25 heavy (non-hydrogen) atoms. The Kier molecular flexibility index (Phi) is 4.07. The Hall–Kier alpha value is -2.93. The summed E-state index contributed by atoms with van der Waals surface area (Å²) in [7, 11) is 0. The van der Waals surface area contributed by atoms with Crippen LogP contribution in [0.2, 0.25) is 0 Å². The van der Waals surface area contributed by atoms with Crippen LogP contribution in [0.3, 0.4) is 0 Å². The molecule has 1 aliphatic heterocycles. The van der Waals surface area contributed by atoms with E-state index in [2.05, 4.69) is 15.2 Å². The van der Waals surface area contributed by atoms with E-state index in [0.717, 1.165) is 12.0 Å². The van der Waals surface area contributed by atoms with E-state index >= 15 is 0 Å². The van der Waals surface area contributed by atoms with Gasteiger partial charge in [0.2, 0.25) is 0 Å². The zero-order chi connectivity index (χ0) is 17.2. The van der Waals surface area contributed by atoms with Gasteiger partial charge in [0.15, 0.2) is 5.65 Å². The number of H-pyrrole nitrogens is 2. The number of fused-ring (bicyclic) bond motifs is 1. The van der Waals surface area contributed by atoms with E-state index < -0.39 is 0 Å². The van der Waals surface area contributed by atoms with Crippen LogP contribution in [0.15, 0.2) is 47.4 Å². The molecule has 1 atom stereocenters. The van der Waals surface area contributed by atoms with E-state index in [1.54, 1.807) is 11.0 Å². The summed E-state index contributed by atoms with van der Waals surface area (Å²) >= 11 is 0. The average Bonchev–Trinajstić information content (AvgIpc) is 2.87. The van der Waals surface area contributed by atoms with Gasteiger partial charge in [-0.2, -0.15) is 0 Å². The van der Waals surface area contributed by atoms with Crippen molar-refractivity contribution in [2.45, 2.75) is 12.5 Å². The van der Waals surface area contributed by atoms with Crippen molar-refractivity contribution in [2.24, 2.45) is 0 Å². The second-order valence-corrected chi connectivity index (χ2v) is 6.07. The summed E-state index contributed by atoms with van der Waals surface area (Å²) < 4.78 is 5.91. The summed E-state index contributed by atoms with van der Waals surface area (Å²) in [4.78, 5) is 30.6. The van der Waals surface area contributed by atoms with E-state index in [0.29, 0.717) is 36.3 Å². The molecule has 1 aliphatic rings. The highest BCUT2D eigenvalue weighted by atomic mass is 16.5. The van der Waals surface area contributed by atoms with Crippen molar-refractivity contribution in [1.29, 1.82) is 0 Å². The number of pyridine rings is 1. The van der Waals surface area contributed by atoms with Crippen LogP contribution in [0.1, 0.15) is 28.4 Å². The monoisotopic (exact) mass is 338 g/mol. The van der Waals surface area contributed by atoms with Gasteiger partial charge in [-0.15, -0.1) is 0 Å². The molecule has 0 radical (unpaired) electrons. The molecule has 0 spiro atoms. The number of aromatic amines is 2. The first-order valence-electron chi connectivity index (χ1n) is 8.24. The van der Waals surface area contributed by atoms with Gasteiger partial charge in [-0.05, 0) is 18.1 Å². The van der Waals surface area contributed by atoms with Crippen LogP contribution in [0, 0.1) is 0 Å². The topological polar surface area (TPSA) is 91.1 Å². The highest BCUT2D eigenvalue weighted by molar-refractivity contribution is 5.96. The van der Waals surface area contributed by atoms with Crippen molar-refractivity contribution in [1.82, 2.24) is 20.1 Å². The molecular formula is C18H18N4O3. The first-order chi connectivity index (χ1) is 12.2. The highest BCUT2D eigenvalue weighted by Crippen LogP contribution is 2.23. The first kappa shape index (κ1) is 15.6. The van der Waals surface area contributed by atoms with Gasteiger partial charge in [0.05, 0.1) is 17.5 Å². The van der Waals surface area contributed by atoms with E-state index in [4.69, 9.17) is 4.74 Å². The fourth-order valence-electron chi connectivity index (χ4n) is 3.10. The number of nitrogens with one attached hydrogen (secondary N) is 2. The first-order valence-corrected chi connectivity index (χ1v) is 8.24. The van der Waals surface area contributed by atoms with Crippen molar-refractivity contribution in [2.75, 3.05) is 19.7 Å². The molecule has 0 saturated carbocycles. The van der Waals surface area contributed by atoms with Gasteiger partial charge in [0.25, 0.3) is 11.5 Å². The molecule has 1 aromatic carbocycles. The van der Waals surface area contributed by atoms with Crippen LogP contribution in [0.5, 0.6) is 0 Å². The number of rotatable bonds is 2. The van der Waals surface area contributed by atoms with E-state index in [-0.39, 0.29) is 17.6 Å². The molecule has 3 heterocycles. The number of carbonyl (C=O) groups is 1. The molecule has 1 fully saturated rings. The summed E-state index contributed by atoms with van der Waals surface area (Å²) in [5.74, 6) is -0.138. The Morgan fingerprint density at radius 2 is 2.08 bits per heavy atom. The predicted molar refractivity (Wildman–Crippen MR) is 92.4 cm³/mol. The smallest absolute Gasteiger partial charge is 0.273 e. The number of aromatic nitrogens is 3. The second kappa shape index (κ2) is 6.52. The van der Waals surface area contributed by atoms with Gasteiger partial charge >= 0.3 is 0 Å². The van der Waals surface area contributed by atoms with Crippen molar-refractivity contribution < 1.29 is 9.53 Å². The molecule has 1 unspecified atom stereocenters. The normalized spacial score (nSPS) is 18.2. The fraction of sp³-hybridized carbons (Fsp3) is 0.278. The molecule has 7 heteroatoms. The molecule has 4 rings (SSSR count). The maximum Gasteiger partial charge on any atom is 0.273 e. The third-order valence-electron chi connectivity index (χ3n) is 4.41. The molecule has 7 nitrogen and oxygen atoms in total. The van der Waals surface area contributed by atoms with E-state index in [1.807, 2.05) is 30.3 Å². The Balaban J connectivity index is 1.61. The number of ether oxygens (including phenoxy) is 1. The minimum Gasteiger partial charge on any atom is -0.372 e. The number of hydrogen-bond donors (Lipinski definition) is 2. The van der Waals surface area contributed by atoms with Crippen LogP contribution in [-0.4, -0.2) is 45.7 Å². The lowest BCUT2D eigenvalue weighted by Gasteiger charge is -2.24. The SMILES string of the molecule is O=C(c1cnc2[nH][nH]c(=O)c2c1)N1CCCOC(c2ccccc2)C1. The summed E-state index contributed by atoms with van der Waals surface area (Å²) in [6.45, 7) is 1.70. The van der Waals surface area contributed by atoms with Crippen molar-refractivity contribution >= 4 is 16.9 Å². The average molecular weight is 338 g/mol. The Labute approximate surface area is 143 Å². The Morgan fingerprint density at radius 3 is 2.92 bits per heavy atom. The van der Waals surface area contributed by atoms with Crippen molar-refractivity contribution in [3.8, 4) is 0 Å². The van der Waals surface area contributed by atoms with Gasteiger partial charge in [0, 0.05) is 19.3 Å². The largest absolute Gasteiger partial charge is 0.372 e. The lowest BCUT2D eigenvalue weighted by atomic mass is 10.1. The fourth-order valence-corrected chi connectivity index (χ4v) is 3.10. The van der Waals surface area contributed by atoms with E-state index in [9.17, 15) is 9.59 Å². The Morgan fingerprint density at radius 1 is 1.24 bits per heavy atom. The number of amides is 1. The zero-order valence-electron chi connectivity index (χ0n) is 13.6. The summed E-state index contributed by atoms with van der Waals surface area (Å²) in [6.07, 6.45) is 2.12.